The lowest BCUT2D eigenvalue weighted by Crippen LogP contribution is -2.36. The van der Waals surface area contributed by atoms with Crippen LogP contribution < -0.4 is 0 Å². The topological polar surface area (TPSA) is 43.7 Å². The van der Waals surface area contributed by atoms with E-state index in [0.717, 1.165) is 25.9 Å². The van der Waals surface area contributed by atoms with Gasteiger partial charge >= 0.3 is 7.12 Å². The molecule has 0 aliphatic carbocycles. The first kappa shape index (κ1) is 11.2. The average molecular weight is 179 g/mol. The van der Waals surface area contributed by atoms with Gasteiger partial charge in [0.1, 0.15) is 0 Å². The van der Waals surface area contributed by atoms with Crippen LogP contribution >= 0.6 is 12.4 Å². The number of halogens is 1. The van der Waals surface area contributed by atoms with Crippen molar-refractivity contribution in [1.82, 2.24) is 4.90 Å². The predicted octanol–water partition coefficient (Wildman–Crippen LogP) is -0.0232. The molecule has 0 aromatic rings. The summed E-state index contributed by atoms with van der Waals surface area (Å²) in [6, 6.07) is 0. The van der Waals surface area contributed by atoms with Crippen LogP contribution in [0.5, 0.6) is 0 Å². The monoisotopic (exact) mass is 179 g/mol. The van der Waals surface area contributed by atoms with Gasteiger partial charge in [-0.3, -0.25) is 0 Å². The fourth-order valence-corrected chi connectivity index (χ4v) is 1.45. The van der Waals surface area contributed by atoms with E-state index in [9.17, 15) is 0 Å². The highest BCUT2D eigenvalue weighted by molar-refractivity contribution is 6.43. The molecule has 1 aliphatic heterocycles. The SMILES string of the molecule is CN1CCCC(B(O)O)C1.Cl. The Morgan fingerprint density at radius 1 is 1.45 bits per heavy atom. The van der Waals surface area contributed by atoms with E-state index < -0.39 is 7.12 Å². The molecule has 0 aromatic heterocycles. The second kappa shape index (κ2) is 4.98. The number of nitrogens with zero attached hydrogens (tertiary/aromatic N) is 1. The summed E-state index contributed by atoms with van der Waals surface area (Å²) in [5.41, 5.74) is 0. The third kappa shape index (κ3) is 3.43. The molecule has 0 spiro atoms. The van der Waals surface area contributed by atoms with Gasteiger partial charge in [0, 0.05) is 5.82 Å². The molecule has 1 fully saturated rings. The molecule has 1 rings (SSSR count). The Balaban J connectivity index is 0.000001000. The van der Waals surface area contributed by atoms with Crippen LogP contribution in [-0.2, 0) is 0 Å². The minimum Gasteiger partial charge on any atom is -0.427 e. The smallest absolute Gasteiger partial charge is 0.427 e. The number of hydrogen-bond donors (Lipinski definition) is 2. The minimum absolute atomic E-state index is 0. The second-order valence-corrected chi connectivity index (χ2v) is 3.08. The molecule has 1 atom stereocenters. The molecule has 1 unspecified atom stereocenters. The van der Waals surface area contributed by atoms with Crippen molar-refractivity contribution in [2.24, 2.45) is 0 Å². The van der Waals surface area contributed by atoms with E-state index in [1.807, 2.05) is 7.05 Å². The van der Waals surface area contributed by atoms with Crippen molar-refractivity contribution in [3.05, 3.63) is 0 Å². The molecule has 11 heavy (non-hydrogen) atoms. The summed E-state index contributed by atoms with van der Waals surface area (Å²) in [5.74, 6) is 0.0683. The molecular weight excluding hydrogens is 164 g/mol. The Morgan fingerprint density at radius 2 is 2.09 bits per heavy atom. The minimum atomic E-state index is -1.12. The van der Waals surface area contributed by atoms with Crippen LogP contribution in [0.4, 0.5) is 0 Å². The third-order valence-corrected chi connectivity index (χ3v) is 2.08. The Labute approximate surface area is 74.0 Å². The maximum Gasteiger partial charge on any atom is 0.456 e. The van der Waals surface area contributed by atoms with E-state index in [-0.39, 0.29) is 18.2 Å². The summed E-state index contributed by atoms with van der Waals surface area (Å²) < 4.78 is 0. The van der Waals surface area contributed by atoms with Crippen LogP contribution in [0.1, 0.15) is 12.8 Å². The summed E-state index contributed by atoms with van der Waals surface area (Å²) >= 11 is 0. The van der Waals surface area contributed by atoms with Gasteiger partial charge in [-0.2, -0.15) is 0 Å². The quantitative estimate of drug-likeness (QED) is 0.556. The number of rotatable bonds is 1. The number of piperidine rings is 1. The van der Waals surface area contributed by atoms with E-state index in [1.54, 1.807) is 0 Å². The van der Waals surface area contributed by atoms with Crippen LogP contribution in [0.25, 0.3) is 0 Å². The van der Waals surface area contributed by atoms with Gasteiger partial charge in [0.2, 0.25) is 0 Å². The lowest BCUT2D eigenvalue weighted by molar-refractivity contribution is 0.248. The highest BCUT2D eigenvalue weighted by Crippen LogP contribution is 2.20. The van der Waals surface area contributed by atoms with Crippen molar-refractivity contribution in [1.29, 1.82) is 0 Å². The van der Waals surface area contributed by atoms with Crippen molar-refractivity contribution in [3.8, 4) is 0 Å². The molecule has 0 amide bonds. The van der Waals surface area contributed by atoms with Crippen molar-refractivity contribution in [2.75, 3.05) is 20.1 Å². The van der Waals surface area contributed by atoms with Crippen LogP contribution in [0.15, 0.2) is 0 Å². The summed E-state index contributed by atoms with van der Waals surface area (Å²) in [5, 5.41) is 17.6. The number of hydrogen-bond acceptors (Lipinski definition) is 3. The van der Waals surface area contributed by atoms with Crippen LogP contribution in [0.2, 0.25) is 5.82 Å². The van der Waals surface area contributed by atoms with Gasteiger partial charge in [-0.25, -0.2) is 0 Å². The lowest BCUT2D eigenvalue weighted by Gasteiger charge is -2.28. The summed E-state index contributed by atoms with van der Waals surface area (Å²) in [4.78, 5) is 2.13. The molecule has 0 saturated carbocycles. The molecule has 1 saturated heterocycles. The zero-order chi connectivity index (χ0) is 7.56. The summed E-state index contributed by atoms with van der Waals surface area (Å²) in [6.07, 6.45) is 2.03. The fraction of sp³-hybridized carbons (Fsp3) is 1.00. The predicted molar refractivity (Wildman–Crippen MR) is 47.9 cm³/mol. The summed E-state index contributed by atoms with van der Waals surface area (Å²) in [7, 11) is 0.886. The molecule has 66 valence electrons. The zero-order valence-corrected chi connectivity index (χ0v) is 7.55. The van der Waals surface area contributed by atoms with Crippen LogP contribution in [0.3, 0.4) is 0 Å². The molecule has 3 nitrogen and oxygen atoms in total. The highest BCUT2D eigenvalue weighted by atomic mass is 35.5. The Morgan fingerprint density at radius 3 is 2.45 bits per heavy atom. The average Bonchev–Trinajstić information content (AvgIpc) is 1.88. The van der Waals surface area contributed by atoms with Crippen LogP contribution in [0, 0.1) is 0 Å². The molecule has 0 bridgehead atoms. The van der Waals surface area contributed by atoms with Gasteiger partial charge in [0.25, 0.3) is 0 Å². The van der Waals surface area contributed by atoms with Crippen molar-refractivity contribution < 1.29 is 10.0 Å². The van der Waals surface area contributed by atoms with Gasteiger partial charge in [0.15, 0.2) is 0 Å². The summed E-state index contributed by atoms with van der Waals surface area (Å²) in [6.45, 7) is 1.90. The van der Waals surface area contributed by atoms with Crippen molar-refractivity contribution in [3.63, 3.8) is 0 Å². The number of likely N-dealkylation sites (tertiary alicyclic amines) is 1. The first-order valence-corrected chi connectivity index (χ1v) is 3.75. The first-order chi connectivity index (χ1) is 4.70. The van der Waals surface area contributed by atoms with Gasteiger partial charge in [0.05, 0.1) is 0 Å². The molecule has 1 heterocycles. The third-order valence-electron chi connectivity index (χ3n) is 2.08. The molecular formula is C6H15BClNO2. The van der Waals surface area contributed by atoms with Crippen molar-refractivity contribution >= 4 is 19.5 Å². The maximum atomic E-state index is 8.82. The Bertz CT molecular complexity index is 115. The van der Waals surface area contributed by atoms with E-state index in [2.05, 4.69) is 4.90 Å². The van der Waals surface area contributed by atoms with Gasteiger partial charge in [-0.05, 0) is 33.0 Å². The van der Waals surface area contributed by atoms with Gasteiger partial charge in [-0.15, -0.1) is 12.4 Å². The fourth-order valence-electron chi connectivity index (χ4n) is 1.45. The van der Waals surface area contributed by atoms with E-state index in [4.69, 9.17) is 10.0 Å². The highest BCUT2D eigenvalue weighted by Gasteiger charge is 2.26. The normalized spacial score (nSPS) is 25.9. The van der Waals surface area contributed by atoms with E-state index in [1.165, 1.54) is 0 Å². The van der Waals surface area contributed by atoms with E-state index in [0.29, 0.717) is 0 Å². The van der Waals surface area contributed by atoms with E-state index >= 15 is 0 Å². The molecule has 0 radical (unpaired) electrons. The Hall–Kier alpha value is 0.235. The first-order valence-electron chi connectivity index (χ1n) is 3.75. The molecule has 2 N–H and O–H groups in total. The van der Waals surface area contributed by atoms with Crippen molar-refractivity contribution in [2.45, 2.75) is 18.7 Å². The van der Waals surface area contributed by atoms with Gasteiger partial charge in [-0.1, -0.05) is 0 Å². The molecule has 1 aliphatic rings. The zero-order valence-electron chi connectivity index (χ0n) is 6.73. The van der Waals surface area contributed by atoms with Gasteiger partial charge < -0.3 is 14.9 Å². The standard InChI is InChI=1S/C6H14BNO2.ClH/c1-8-4-2-3-6(5-8)7(9)10;/h6,9-10H,2-5H2,1H3;1H. The second-order valence-electron chi connectivity index (χ2n) is 3.08. The largest absolute Gasteiger partial charge is 0.456 e. The molecule has 0 aromatic carbocycles. The van der Waals surface area contributed by atoms with Crippen LogP contribution in [-0.4, -0.2) is 42.2 Å². The Kier molecular flexibility index (Phi) is 5.09. The maximum absolute atomic E-state index is 8.82. The lowest BCUT2D eigenvalue weighted by atomic mass is 9.69. The molecule has 5 heteroatoms.